The summed E-state index contributed by atoms with van der Waals surface area (Å²) >= 11 is 0. The number of carbonyl (C=O) groups excluding carboxylic acids is 1. The van der Waals surface area contributed by atoms with E-state index in [1.54, 1.807) is 0 Å². The highest BCUT2D eigenvalue weighted by atomic mass is 16.5. The Hall–Kier alpha value is -3.12. The molecule has 3 aromatic rings. The molecule has 0 atom stereocenters. The van der Waals surface area contributed by atoms with Crippen molar-refractivity contribution in [1.29, 1.82) is 0 Å². The number of aryl methyl sites for hydroxylation is 1. The summed E-state index contributed by atoms with van der Waals surface area (Å²) in [4.78, 5) is 11.9. The number of hydrogen-bond donors (Lipinski definition) is 1. The van der Waals surface area contributed by atoms with Crippen LogP contribution in [-0.4, -0.2) is 24.2 Å². The fourth-order valence-electron chi connectivity index (χ4n) is 3.84. The molecule has 1 N–H and O–H groups in total. The number of aromatic nitrogens is 1. The highest BCUT2D eigenvalue weighted by Crippen LogP contribution is 2.41. The van der Waals surface area contributed by atoms with Crippen molar-refractivity contribution in [3.05, 3.63) is 59.2 Å². The second-order valence-electron chi connectivity index (χ2n) is 7.87. The summed E-state index contributed by atoms with van der Waals surface area (Å²) in [6.07, 6.45) is 2.20. The van der Waals surface area contributed by atoms with Crippen molar-refractivity contribution < 1.29 is 18.8 Å². The van der Waals surface area contributed by atoms with Crippen LogP contribution in [0.3, 0.4) is 0 Å². The first-order chi connectivity index (χ1) is 14.7. The maximum absolute atomic E-state index is 11.9. The van der Waals surface area contributed by atoms with Gasteiger partial charge in [-0.1, -0.05) is 48.8 Å². The van der Waals surface area contributed by atoms with Crippen molar-refractivity contribution >= 4 is 5.97 Å². The Morgan fingerprint density at radius 1 is 1.17 bits per heavy atom. The van der Waals surface area contributed by atoms with Gasteiger partial charge >= 0.3 is 5.97 Å². The average molecular weight is 404 g/mol. The molecule has 3 heterocycles. The molecule has 6 heteroatoms. The zero-order valence-corrected chi connectivity index (χ0v) is 16.9. The molecule has 1 fully saturated rings. The predicted molar refractivity (Wildman–Crippen MR) is 112 cm³/mol. The lowest BCUT2D eigenvalue weighted by Gasteiger charge is -2.25. The number of rotatable bonds is 6. The fourth-order valence-corrected chi connectivity index (χ4v) is 3.84. The second kappa shape index (κ2) is 7.95. The fraction of sp³-hybridized carbons (Fsp3) is 0.333. The smallest absolute Gasteiger partial charge is 0.311 e. The van der Waals surface area contributed by atoms with Gasteiger partial charge in [-0.25, -0.2) is 0 Å². The van der Waals surface area contributed by atoms with Crippen molar-refractivity contribution in [2.45, 2.75) is 33.0 Å². The van der Waals surface area contributed by atoms with Crippen LogP contribution < -0.4 is 10.1 Å². The number of hydrogen-bond acceptors (Lipinski definition) is 6. The van der Waals surface area contributed by atoms with Crippen LogP contribution in [-0.2, 0) is 29.2 Å². The minimum Gasteiger partial charge on any atom is -0.488 e. The molecule has 0 spiro atoms. The summed E-state index contributed by atoms with van der Waals surface area (Å²) in [7, 11) is 0. The van der Waals surface area contributed by atoms with E-state index in [1.807, 2.05) is 18.2 Å². The van der Waals surface area contributed by atoms with Gasteiger partial charge < -0.3 is 19.3 Å². The van der Waals surface area contributed by atoms with Gasteiger partial charge in [0.1, 0.15) is 24.7 Å². The Labute approximate surface area is 175 Å². The SMILES string of the molecule is CCCc1ccc(-c2onc3c2COc2cc(COC(=O)C4CNC4)ccc2-3)cc1. The topological polar surface area (TPSA) is 73.6 Å². The first-order valence-corrected chi connectivity index (χ1v) is 10.4. The summed E-state index contributed by atoms with van der Waals surface area (Å²) in [5, 5.41) is 7.41. The second-order valence-corrected chi connectivity index (χ2v) is 7.87. The maximum atomic E-state index is 11.9. The van der Waals surface area contributed by atoms with Gasteiger partial charge in [0.2, 0.25) is 0 Å². The van der Waals surface area contributed by atoms with Crippen molar-refractivity contribution in [1.82, 2.24) is 10.5 Å². The Kier molecular flexibility index (Phi) is 5.01. The molecular formula is C24H24N2O4. The number of carbonyl (C=O) groups is 1. The summed E-state index contributed by atoms with van der Waals surface area (Å²) < 4.78 is 17.1. The molecular weight excluding hydrogens is 380 g/mol. The lowest BCUT2D eigenvalue weighted by Crippen LogP contribution is -2.47. The quantitative estimate of drug-likeness (QED) is 0.623. The van der Waals surface area contributed by atoms with Crippen LogP contribution >= 0.6 is 0 Å². The number of benzene rings is 2. The van der Waals surface area contributed by atoms with Crippen LogP contribution in [0.5, 0.6) is 5.75 Å². The van der Waals surface area contributed by atoms with Crippen LogP contribution in [0.25, 0.3) is 22.6 Å². The predicted octanol–water partition coefficient (Wildman–Crippen LogP) is 4.12. The molecule has 0 radical (unpaired) electrons. The van der Waals surface area contributed by atoms with Crippen molar-refractivity contribution in [2.75, 3.05) is 13.1 Å². The molecule has 30 heavy (non-hydrogen) atoms. The van der Waals surface area contributed by atoms with Gasteiger partial charge in [-0.3, -0.25) is 4.79 Å². The van der Waals surface area contributed by atoms with E-state index in [1.165, 1.54) is 5.56 Å². The van der Waals surface area contributed by atoms with E-state index in [-0.39, 0.29) is 18.5 Å². The third-order valence-electron chi connectivity index (χ3n) is 5.71. The molecule has 0 bridgehead atoms. The highest BCUT2D eigenvalue weighted by Gasteiger charge is 2.28. The molecule has 1 saturated heterocycles. The number of nitrogens with one attached hydrogen (secondary N) is 1. The van der Waals surface area contributed by atoms with E-state index in [4.69, 9.17) is 14.0 Å². The van der Waals surface area contributed by atoms with Crippen LogP contribution in [0.1, 0.15) is 30.0 Å². The van der Waals surface area contributed by atoms with Gasteiger partial charge in [-0.05, 0) is 29.7 Å². The Morgan fingerprint density at radius 3 is 2.70 bits per heavy atom. The van der Waals surface area contributed by atoms with Crippen LogP contribution in [0.2, 0.25) is 0 Å². The van der Waals surface area contributed by atoms with Gasteiger partial charge in [-0.2, -0.15) is 0 Å². The first kappa shape index (κ1) is 18.9. The highest BCUT2D eigenvalue weighted by molar-refractivity contribution is 5.78. The zero-order valence-electron chi connectivity index (χ0n) is 16.9. The zero-order chi connectivity index (χ0) is 20.5. The van der Waals surface area contributed by atoms with E-state index in [2.05, 4.69) is 41.7 Å². The normalized spacial score (nSPS) is 15.0. The third-order valence-corrected chi connectivity index (χ3v) is 5.71. The summed E-state index contributed by atoms with van der Waals surface area (Å²) in [6, 6.07) is 14.2. The number of nitrogens with zero attached hydrogens (tertiary/aromatic N) is 1. The molecule has 5 rings (SSSR count). The minimum atomic E-state index is -0.152. The van der Waals surface area contributed by atoms with Crippen molar-refractivity contribution in [2.24, 2.45) is 5.92 Å². The van der Waals surface area contributed by atoms with Crippen LogP contribution in [0.4, 0.5) is 0 Å². The van der Waals surface area contributed by atoms with Gasteiger partial charge in [-0.15, -0.1) is 0 Å². The molecule has 2 aromatic carbocycles. The maximum Gasteiger partial charge on any atom is 0.311 e. The molecule has 0 saturated carbocycles. The molecule has 2 aliphatic rings. The van der Waals surface area contributed by atoms with Gasteiger partial charge in [0, 0.05) is 24.2 Å². The minimum absolute atomic E-state index is 0.0222. The largest absolute Gasteiger partial charge is 0.488 e. The van der Waals surface area contributed by atoms with Crippen LogP contribution in [0, 0.1) is 5.92 Å². The average Bonchev–Trinajstić information content (AvgIpc) is 3.16. The third kappa shape index (κ3) is 3.48. The Balaban J connectivity index is 1.35. The number of ether oxygens (including phenoxy) is 2. The summed E-state index contributed by atoms with van der Waals surface area (Å²) in [6.45, 7) is 4.22. The molecule has 2 aliphatic heterocycles. The Bertz CT molecular complexity index is 1070. The van der Waals surface area contributed by atoms with E-state index < -0.39 is 0 Å². The molecule has 0 aliphatic carbocycles. The lowest BCUT2D eigenvalue weighted by molar-refractivity contribution is -0.151. The van der Waals surface area contributed by atoms with Gasteiger partial charge in [0.05, 0.1) is 11.5 Å². The molecule has 0 unspecified atom stereocenters. The van der Waals surface area contributed by atoms with E-state index in [0.717, 1.165) is 52.3 Å². The molecule has 154 valence electrons. The van der Waals surface area contributed by atoms with Crippen molar-refractivity contribution in [3.63, 3.8) is 0 Å². The van der Waals surface area contributed by atoms with E-state index >= 15 is 0 Å². The standard InChI is InChI=1S/C24H24N2O4/c1-2-3-15-4-7-17(8-5-15)23-20-14-28-21-10-16(6-9-19(21)22(20)26-30-23)13-29-24(27)18-11-25-12-18/h4-10,18,25H,2-3,11-14H2,1H3. The van der Waals surface area contributed by atoms with Gasteiger partial charge in [0.25, 0.3) is 0 Å². The summed E-state index contributed by atoms with van der Waals surface area (Å²) in [5.74, 6) is 1.32. The number of esters is 1. The summed E-state index contributed by atoms with van der Waals surface area (Å²) in [5.41, 5.74) is 5.89. The monoisotopic (exact) mass is 404 g/mol. The van der Waals surface area contributed by atoms with E-state index in [0.29, 0.717) is 19.7 Å². The van der Waals surface area contributed by atoms with E-state index in [9.17, 15) is 4.79 Å². The lowest BCUT2D eigenvalue weighted by atomic mass is 9.98. The molecule has 6 nitrogen and oxygen atoms in total. The van der Waals surface area contributed by atoms with Crippen molar-refractivity contribution in [3.8, 4) is 28.3 Å². The molecule has 1 aromatic heterocycles. The first-order valence-electron chi connectivity index (χ1n) is 10.4. The Morgan fingerprint density at radius 2 is 1.97 bits per heavy atom. The van der Waals surface area contributed by atoms with Crippen LogP contribution in [0.15, 0.2) is 47.0 Å². The number of fused-ring (bicyclic) bond motifs is 3. The van der Waals surface area contributed by atoms with Gasteiger partial charge in [0.15, 0.2) is 5.76 Å². The molecule has 0 amide bonds.